The topological polar surface area (TPSA) is 49.7 Å². The molecule has 1 fully saturated rings. The lowest BCUT2D eigenvalue weighted by molar-refractivity contribution is 0.343. The van der Waals surface area contributed by atoms with Crippen molar-refractivity contribution in [2.24, 2.45) is 4.99 Å². The van der Waals surface area contributed by atoms with Gasteiger partial charge in [0.25, 0.3) is 0 Å². The van der Waals surface area contributed by atoms with E-state index in [1.165, 1.54) is 5.56 Å². The molecule has 8 heteroatoms. The Balaban J connectivity index is 1.53. The zero-order valence-electron chi connectivity index (χ0n) is 14.4. The maximum atomic E-state index is 12.1. The summed E-state index contributed by atoms with van der Waals surface area (Å²) in [6.07, 6.45) is 0. The highest BCUT2D eigenvalue weighted by Gasteiger charge is 2.46. The SMILES string of the molecule is O=S1(=O)CC2N=C(SCc3ccc(Br)cc3)N(Cc3ccc(Cl)cc3)C2C1. The molecule has 0 spiro atoms. The van der Waals surface area contributed by atoms with Gasteiger partial charge in [-0.15, -0.1) is 0 Å². The number of amidine groups is 1. The van der Waals surface area contributed by atoms with Gasteiger partial charge < -0.3 is 4.90 Å². The zero-order valence-corrected chi connectivity index (χ0v) is 18.4. The molecule has 0 bridgehead atoms. The van der Waals surface area contributed by atoms with Crippen molar-refractivity contribution in [1.82, 2.24) is 4.90 Å². The molecule has 2 aromatic carbocycles. The van der Waals surface area contributed by atoms with Gasteiger partial charge in [-0.1, -0.05) is 63.6 Å². The normalized spacial score (nSPS) is 23.3. The van der Waals surface area contributed by atoms with Gasteiger partial charge in [-0.25, -0.2) is 8.42 Å². The Kier molecular flexibility index (Phi) is 5.56. The molecule has 4 nitrogen and oxygen atoms in total. The van der Waals surface area contributed by atoms with E-state index in [-0.39, 0.29) is 23.6 Å². The molecule has 4 rings (SSSR count). The summed E-state index contributed by atoms with van der Waals surface area (Å²) in [7, 11) is -3.02. The van der Waals surface area contributed by atoms with Gasteiger partial charge >= 0.3 is 0 Å². The minimum atomic E-state index is -3.02. The van der Waals surface area contributed by atoms with Crippen LogP contribution in [0.4, 0.5) is 0 Å². The lowest BCUT2D eigenvalue weighted by Gasteiger charge is -2.26. The molecule has 1 saturated heterocycles. The van der Waals surface area contributed by atoms with Crippen LogP contribution in [0, 0.1) is 0 Å². The monoisotopic (exact) mass is 484 g/mol. The van der Waals surface area contributed by atoms with E-state index in [1.807, 2.05) is 36.4 Å². The van der Waals surface area contributed by atoms with Crippen molar-refractivity contribution in [1.29, 1.82) is 0 Å². The first-order chi connectivity index (χ1) is 12.9. The molecule has 2 aromatic rings. The summed E-state index contributed by atoms with van der Waals surface area (Å²) in [4.78, 5) is 6.92. The molecule has 0 aromatic heterocycles. The summed E-state index contributed by atoms with van der Waals surface area (Å²) in [5.74, 6) is 1.13. The van der Waals surface area contributed by atoms with Crippen LogP contribution in [0.1, 0.15) is 11.1 Å². The lowest BCUT2D eigenvalue weighted by Crippen LogP contribution is -2.38. The Morgan fingerprint density at radius 1 is 1.07 bits per heavy atom. The molecule has 0 aliphatic carbocycles. The number of hydrogen-bond acceptors (Lipinski definition) is 5. The van der Waals surface area contributed by atoms with Gasteiger partial charge in [0, 0.05) is 21.8 Å². The van der Waals surface area contributed by atoms with Crippen molar-refractivity contribution in [3.63, 3.8) is 0 Å². The molecule has 27 heavy (non-hydrogen) atoms. The third-order valence-electron chi connectivity index (χ3n) is 4.76. The number of nitrogens with zero attached hydrogens (tertiary/aromatic N) is 2. The summed E-state index contributed by atoms with van der Waals surface area (Å²) < 4.78 is 25.2. The van der Waals surface area contributed by atoms with Gasteiger partial charge in [0.05, 0.1) is 23.6 Å². The molecule has 0 amide bonds. The number of rotatable bonds is 4. The number of halogens is 2. The standard InChI is InChI=1S/C19H18BrClN2O2S2/c20-15-5-1-14(2-6-15)10-26-19-22-17-11-27(24,25)12-18(17)23(19)9-13-3-7-16(21)8-4-13/h1-8,17-18H,9-12H2. The van der Waals surface area contributed by atoms with Crippen LogP contribution in [0.3, 0.4) is 0 Å². The number of hydrogen-bond donors (Lipinski definition) is 0. The lowest BCUT2D eigenvalue weighted by atomic mass is 10.1. The minimum Gasteiger partial charge on any atom is -0.341 e. The summed E-state index contributed by atoms with van der Waals surface area (Å²) in [5, 5.41) is 1.62. The van der Waals surface area contributed by atoms with E-state index < -0.39 is 9.84 Å². The van der Waals surface area contributed by atoms with E-state index in [0.717, 1.165) is 21.0 Å². The molecule has 2 atom stereocenters. The van der Waals surface area contributed by atoms with Crippen LogP contribution in [0.2, 0.25) is 5.02 Å². The van der Waals surface area contributed by atoms with Crippen LogP contribution < -0.4 is 0 Å². The summed E-state index contributed by atoms with van der Waals surface area (Å²) in [5.41, 5.74) is 2.31. The minimum absolute atomic E-state index is 0.0712. The highest BCUT2D eigenvalue weighted by molar-refractivity contribution is 9.10. The number of benzene rings is 2. The molecule has 0 saturated carbocycles. The molecule has 2 heterocycles. The fourth-order valence-electron chi connectivity index (χ4n) is 3.41. The fourth-order valence-corrected chi connectivity index (χ4v) is 6.74. The van der Waals surface area contributed by atoms with Gasteiger partial charge in [0.15, 0.2) is 15.0 Å². The average molecular weight is 486 g/mol. The second kappa shape index (κ2) is 7.78. The number of thioether (sulfide) groups is 1. The van der Waals surface area contributed by atoms with Crippen LogP contribution in [0.15, 0.2) is 58.0 Å². The zero-order chi connectivity index (χ0) is 19.0. The van der Waals surface area contributed by atoms with Crippen molar-refractivity contribution in [3.05, 3.63) is 69.2 Å². The largest absolute Gasteiger partial charge is 0.341 e. The van der Waals surface area contributed by atoms with Crippen LogP contribution in [0.25, 0.3) is 0 Å². The highest BCUT2D eigenvalue weighted by atomic mass is 79.9. The second-order valence-corrected chi connectivity index (χ2v) is 11.2. The van der Waals surface area contributed by atoms with Gasteiger partial charge in [-0.2, -0.15) is 0 Å². The summed E-state index contributed by atoms with van der Waals surface area (Å²) in [6.45, 7) is 0.639. The van der Waals surface area contributed by atoms with Crippen molar-refractivity contribution < 1.29 is 8.42 Å². The molecule has 2 aliphatic heterocycles. The molecule has 2 aliphatic rings. The molecule has 0 radical (unpaired) electrons. The maximum Gasteiger partial charge on any atom is 0.160 e. The van der Waals surface area contributed by atoms with E-state index in [0.29, 0.717) is 11.6 Å². The van der Waals surface area contributed by atoms with Gasteiger partial charge in [0.1, 0.15) is 0 Å². The van der Waals surface area contributed by atoms with Crippen molar-refractivity contribution in [3.8, 4) is 0 Å². The van der Waals surface area contributed by atoms with E-state index in [4.69, 9.17) is 16.6 Å². The Morgan fingerprint density at radius 3 is 2.44 bits per heavy atom. The average Bonchev–Trinajstić information content (AvgIpc) is 3.09. The van der Waals surface area contributed by atoms with Gasteiger partial charge in [0.2, 0.25) is 0 Å². The predicted octanol–water partition coefficient (Wildman–Crippen LogP) is 4.37. The summed E-state index contributed by atoms with van der Waals surface area (Å²) in [6, 6.07) is 15.7. The van der Waals surface area contributed by atoms with Crippen LogP contribution in [-0.4, -0.2) is 42.1 Å². The van der Waals surface area contributed by atoms with Crippen LogP contribution >= 0.6 is 39.3 Å². The first kappa shape index (κ1) is 19.3. The van der Waals surface area contributed by atoms with Crippen molar-refractivity contribution in [2.45, 2.75) is 24.4 Å². The van der Waals surface area contributed by atoms with Crippen molar-refractivity contribution >= 4 is 54.3 Å². The first-order valence-electron chi connectivity index (χ1n) is 8.56. The van der Waals surface area contributed by atoms with Crippen molar-refractivity contribution in [2.75, 3.05) is 11.5 Å². The van der Waals surface area contributed by atoms with Gasteiger partial charge in [-0.05, 0) is 35.4 Å². The van der Waals surface area contributed by atoms with E-state index in [1.54, 1.807) is 11.8 Å². The molecular formula is C19H18BrClN2O2S2. The molecule has 142 valence electrons. The summed E-state index contributed by atoms with van der Waals surface area (Å²) >= 11 is 11.1. The Morgan fingerprint density at radius 2 is 1.74 bits per heavy atom. The highest BCUT2D eigenvalue weighted by Crippen LogP contribution is 2.33. The Labute approximate surface area is 177 Å². The van der Waals surface area contributed by atoms with Crippen LogP contribution in [0.5, 0.6) is 0 Å². The fraction of sp³-hybridized carbons (Fsp3) is 0.316. The van der Waals surface area contributed by atoms with E-state index in [2.05, 4.69) is 33.0 Å². The van der Waals surface area contributed by atoms with Crippen LogP contribution in [-0.2, 0) is 22.1 Å². The number of fused-ring (bicyclic) bond motifs is 1. The second-order valence-electron chi connectivity index (χ2n) is 6.79. The van der Waals surface area contributed by atoms with Gasteiger partial charge in [-0.3, -0.25) is 4.99 Å². The predicted molar refractivity (Wildman–Crippen MR) is 116 cm³/mol. The Hall–Kier alpha value is -1.02. The molecule has 0 N–H and O–H groups in total. The Bertz CT molecular complexity index is 962. The first-order valence-corrected chi connectivity index (χ1v) is 12.5. The smallest absolute Gasteiger partial charge is 0.160 e. The number of sulfone groups is 1. The molecule has 2 unspecified atom stereocenters. The molecular weight excluding hydrogens is 468 g/mol. The third-order valence-corrected chi connectivity index (χ3v) is 8.32. The number of aliphatic imine (C=N–C) groups is 1. The third kappa shape index (κ3) is 4.53. The quantitative estimate of drug-likeness (QED) is 0.645. The van der Waals surface area contributed by atoms with E-state index >= 15 is 0 Å². The van der Waals surface area contributed by atoms with E-state index in [9.17, 15) is 8.42 Å². The maximum absolute atomic E-state index is 12.1.